The third-order valence-corrected chi connectivity index (χ3v) is 4.98. The van der Waals surface area contributed by atoms with Crippen molar-refractivity contribution in [3.05, 3.63) is 55.1 Å². The van der Waals surface area contributed by atoms with Crippen molar-refractivity contribution in [3.8, 4) is 0 Å². The van der Waals surface area contributed by atoms with Crippen LogP contribution in [0.25, 0.3) is 11.2 Å². The number of halogens is 1. The largest absolute Gasteiger partial charge is 0.354 e. The molecule has 0 aliphatic rings. The van der Waals surface area contributed by atoms with Gasteiger partial charge < -0.3 is 15.2 Å². The highest BCUT2D eigenvalue weighted by Gasteiger charge is 2.18. The second-order valence-corrected chi connectivity index (χ2v) is 7.22. The molecule has 2 aromatic heterocycles. The summed E-state index contributed by atoms with van der Waals surface area (Å²) >= 11 is 3.39. The molecule has 9 heteroatoms. The van der Waals surface area contributed by atoms with Gasteiger partial charge in [-0.2, -0.15) is 4.98 Å². The topological polar surface area (TPSA) is 85.9 Å². The smallest absolute Gasteiger partial charge is 0.332 e. The van der Waals surface area contributed by atoms with Crippen LogP contribution >= 0.6 is 15.9 Å². The van der Waals surface area contributed by atoms with E-state index in [0.29, 0.717) is 23.7 Å². The Balaban J connectivity index is 2.03. The number of nitrogens with zero attached hydrogens (tertiary/aromatic N) is 4. The van der Waals surface area contributed by atoms with E-state index in [-0.39, 0.29) is 17.8 Å². The quantitative estimate of drug-likeness (QED) is 0.546. The molecular weight excluding hydrogens is 412 g/mol. The first-order valence-corrected chi connectivity index (χ1v) is 9.58. The second kappa shape index (κ2) is 8.10. The van der Waals surface area contributed by atoms with Gasteiger partial charge >= 0.3 is 5.69 Å². The third kappa shape index (κ3) is 3.84. The maximum Gasteiger partial charge on any atom is 0.332 e. The highest BCUT2D eigenvalue weighted by atomic mass is 79.9. The zero-order chi connectivity index (χ0) is 19.6. The fraction of sp³-hybridized carbons (Fsp3) is 0.389. The van der Waals surface area contributed by atoms with Crippen molar-refractivity contribution in [2.24, 2.45) is 14.1 Å². The molecule has 0 fully saturated rings. The van der Waals surface area contributed by atoms with Crippen LogP contribution in [0.3, 0.4) is 0 Å². The van der Waals surface area contributed by atoms with Gasteiger partial charge in [-0.05, 0) is 24.2 Å². The van der Waals surface area contributed by atoms with E-state index in [2.05, 4.69) is 31.5 Å². The van der Waals surface area contributed by atoms with Crippen molar-refractivity contribution in [2.75, 3.05) is 25.0 Å². The molecule has 0 unspecified atom stereocenters. The third-order valence-electron chi connectivity index (χ3n) is 4.45. The van der Waals surface area contributed by atoms with Crippen molar-refractivity contribution in [3.63, 3.8) is 0 Å². The number of nitrogens with one attached hydrogen (secondary N) is 2. The molecule has 2 N–H and O–H groups in total. The van der Waals surface area contributed by atoms with Gasteiger partial charge in [0.2, 0.25) is 5.95 Å². The first-order valence-electron chi connectivity index (χ1n) is 8.79. The van der Waals surface area contributed by atoms with Gasteiger partial charge in [0, 0.05) is 31.7 Å². The van der Waals surface area contributed by atoms with Crippen molar-refractivity contribution < 1.29 is 0 Å². The van der Waals surface area contributed by atoms with Crippen LogP contribution in [0.15, 0.2) is 38.3 Å². The minimum atomic E-state index is -0.382. The number of rotatable bonds is 7. The van der Waals surface area contributed by atoms with Gasteiger partial charge in [0.05, 0.1) is 6.54 Å². The zero-order valence-electron chi connectivity index (χ0n) is 15.6. The number of likely N-dealkylation sites (N-methyl/N-ethyl adjacent to an activating group) is 1. The lowest BCUT2D eigenvalue weighted by Gasteiger charge is -2.09. The molecule has 3 rings (SSSR count). The van der Waals surface area contributed by atoms with Gasteiger partial charge in [-0.3, -0.25) is 13.9 Å². The number of aryl methyl sites for hydroxylation is 2. The lowest BCUT2D eigenvalue weighted by Crippen LogP contribution is -2.39. The van der Waals surface area contributed by atoms with Crippen molar-refractivity contribution in [1.29, 1.82) is 0 Å². The van der Waals surface area contributed by atoms with Crippen LogP contribution in [0.2, 0.25) is 0 Å². The molecule has 0 aliphatic heterocycles. The maximum atomic E-state index is 13.0. The Bertz CT molecular complexity index is 1060. The average Bonchev–Trinajstić information content (AvgIpc) is 2.99. The van der Waals surface area contributed by atoms with Crippen LogP contribution in [0.1, 0.15) is 12.5 Å². The fourth-order valence-electron chi connectivity index (χ4n) is 2.95. The van der Waals surface area contributed by atoms with Crippen LogP contribution in [0, 0.1) is 0 Å². The number of imidazole rings is 1. The summed E-state index contributed by atoms with van der Waals surface area (Å²) in [5.74, 6) is 0.566. The summed E-state index contributed by atoms with van der Waals surface area (Å²) in [5.41, 5.74) is 0.937. The summed E-state index contributed by atoms with van der Waals surface area (Å²) in [6, 6.07) is 7.55. The standard InChI is InChI=1S/C18H23BrN6O2/c1-4-20-9-10-21-17-22-15-14(23(17)2)16(26)25(18(27)24(15)3)11-12-5-7-13(19)8-6-12/h5-8,20H,4,9-11H2,1-3H3,(H,21,22). The van der Waals surface area contributed by atoms with E-state index in [4.69, 9.17) is 0 Å². The van der Waals surface area contributed by atoms with Crippen LogP contribution in [0.4, 0.5) is 5.95 Å². The number of hydrogen-bond acceptors (Lipinski definition) is 5. The van der Waals surface area contributed by atoms with Crippen LogP contribution in [0.5, 0.6) is 0 Å². The summed E-state index contributed by atoms with van der Waals surface area (Å²) in [6.07, 6.45) is 0. The molecule has 0 saturated heterocycles. The summed E-state index contributed by atoms with van der Waals surface area (Å²) in [5, 5.41) is 6.43. The fourth-order valence-corrected chi connectivity index (χ4v) is 3.22. The zero-order valence-corrected chi connectivity index (χ0v) is 17.2. The summed E-state index contributed by atoms with van der Waals surface area (Å²) < 4.78 is 5.32. The van der Waals surface area contributed by atoms with E-state index in [0.717, 1.165) is 23.1 Å². The predicted octanol–water partition coefficient (Wildman–Crippen LogP) is 1.27. The number of hydrogen-bond donors (Lipinski definition) is 2. The van der Waals surface area contributed by atoms with Crippen molar-refractivity contribution in [2.45, 2.75) is 13.5 Å². The minimum Gasteiger partial charge on any atom is -0.354 e. The second-order valence-electron chi connectivity index (χ2n) is 6.31. The Hall–Kier alpha value is -2.39. The molecule has 3 aromatic rings. The van der Waals surface area contributed by atoms with E-state index in [1.165, 1.54) is 9.13 Å². The molecule has 0 amide bonds. The first-order chi connectivity index (χ1) is 12.9. The van der Waals surface area contributed by atoms with Gasteiger partial charge in [0.25, 0.3) is 5.56 Å². The molecule has 2 heterocycles. The minimum absolute atomic E-state index is 0.211. The number of benzene rings is 1. The molecule has 0 radical (unpaired) electrons. The van der Waals surface area contributed by atoms with Gasteiger partial charge in [0.15, 0.2) is 11.2 Å². The van der Waals surface area contributed by atoms with Gasteiger partial charge in [0.1, 0.15) is 0 Å². The number of anilines is 1. The monoisotopic (exact) mass is 434 g/mol. The number of aromatic nitrogens is 4. The molecule has 1 aromatic carbocycles. The molecule has 8 nitrogen and oxygen atoms in total. The van der Waals surface area contributed by atoms with Gasteiger partial charge in [-0.25, -0.2) is 4.79 Å². The molecule has 0 bridgehead atoms. The van der Waals surface area contributed by atoms with E-state index in [1.54, 1.807) is 18.7 Å². The predicted molar refractivity (Wildman–Crippen MR) is 110 cm³/mol. The molecule has 0 aliphatic carbocycles. The van der Waals surface area contributed by atoms with Crippen LogP contribution < -0.4 is 21.9 Å². The highest BCUT2D eigenvalue weighted by molar-refractivity contribution is 9.10. The summed E-state index contributed by atoms with van der Waals surface area (Å²) in [6.45, 7) is 4.60. The Morgan fingerprint density at radius 3 is 2.44 bits per heavy atom. The first kappa shape index (κ1) is 19.4. The average molecular weight is 435 g/mol. The Morgan fingerprint density at radius 2 is 1.78 bits per heavy atom. The summed E-state index contributed by atoms with van der Waals surface area (Å²) in [4.78, 5) is 30.2. The van der Waals surface area contributed by atoms with Crippen molar-refractivity contribution >= 4 is 33.0 Å². The van der Waals surface area contributed by atoms with Crippen molar-refractivity contribution in [1.82, 2.24) is 24.0 Å². The summed E-state index contributed by atoms with van der Waals surface area (Å²) in [7, 11) is 3.42. The molecule has 27 heavy (non-hydrogen) atoms. The lowest BCUT2D eigenvalue weighted by molar-refractivity contribution is 0.655. The Labute approximate surface area is 165 Å². The highest BCUT2D eigenvalue weighted by Crippen LogP contribution is 2.14. The van der Waals surface area contributed by atoms with Crippen LogP contribution in [-0.2, 0) is 20.6 Å². The lowest BCUT2D eigenvalue weighted by atomic mass is 10.2. The molecule has 0 atom stereocenters. The van der Waals surface area contributed by atoms with E-state index >= 15 is 0 Å². The molecule has 0 saturated carbocycles. The number of fused-ring (bicyclic) bond motifs is 1. The molecular formula is C18H23BrN6O2. The van der Waals surface area contributed by atoms with Gasteiger partial charge in [-0.1, -0.05) is 35.0 Å². The maximum absolute atomic E-state index is 13.0. The van der Waals surface area contributed by atoms with E-state index < -0.39 is 0 Å². The normalized spacial score (nSPS) is 11.3. The van der Waals surface area contributed by atoms with Crippen LogP contribution in [-0.4, -0.2) is 38.3 Å². The SMILES string of the molecule is CCNCCNc1nc2c(c(=O)n(Cc3ccc(Br)cc3)c(=O)n2C)n1C. The van der Waals surface area contributed by atoms with E-state index in [9.17, 15) is 9.59 Å². The molecule has 144 valence electrons. The van der Waals surface area contributed by atoms with Gasteiger partial charge in [-0.15, -0.1) is 0 Å². The Morgan fingerprint density at radius 1 is 1.07 bits per heavy atom. The van der Waals surface area contributed by atoms with E-state index in [1.807, 2.05) is 31.2 Å². The Kier molecular flexibility index (Phi) is 5.81. The molecule has 0 spiro atoms.